The topological polar surface area (TPSA) is 60.2 Å². The molecule has 0 bridgehead atoms. The van der Waals surface area contributed by atoms with Crippen LogP contribution in [0.5, 0.6) is 5.75 Å². The molecule has 0 radical (unpaired) electrons. The van der Waals surface area contributed by atoms with Crippen molar-refractivity contribution in [1.82, 2.24) is 4.98 Å². The van der Waals surface area contributed by atoms with Crippen molar-refractivity contribution in [2.75, 3.05) is 5.43 Å². The number of hydrogen-bond acceptors (Lipinski definition) is 4. The van der Waals surface area contributed by atoms with Gasteiger partial charge in [-0.25, -0.2) is 0 Å². The molecule has 3 N–H and O–H groups in total. The van der Waals surface area contributed by atoms with E-state index >= 15 is 0 Å². The van der Waals surface area contributed by atoms with E-state index in [4.69, 9.17) is 10.6 Å². The van der Waals surface area contributed by atoms with E-state index in [1.807, 2.05) is 49.5 Å². The van der Waals surface area contributed by atoms with Crippen LogP contribution in [0, 0.1) is 6.92 Å². The first kappa shape index (κ1) is 11.4. The van der Waals surface area contributed by atoms with Crippen LogP contribution in [0.25, 0.3) is 0 Å². The fraction of sp³-hybridized carbons (Fsp3) is 0.154. The van der Waals surface area contributed by atoms with E-state index in [0.717, 1.165) is 22.7 Å². The summed E-state index contributed by atoms with van der Waals surface area (Å²) in [5.74, 6) is 6.08. The number of rotatable bonds is 4. The maximum absolute atomic E-state index is 5.60. The van der Waals surface area contributed by atoms with E-state index in [9.17, 15) is 0 Å². The number of nitrogens with two attached hydrogens (primary N) is 1. The van der Waals surface area contributed by atoms with Gasteiger partial charge < -0.3 is 10.2 Å². The van der Waals surface area contributed by atoms with Crippen LogP contribution in [0.2, 0.25) is 0 Å². The summed E-state index contributed by atoms with van der Waals surface area (Å²) in [5, 5.41) is 0. The number of aryl methyl sites for hydroxylation is 1. The first-order valence-corrected chi connectivity index (χ1v) is 5.39. The third-order valence-corrected chi connectivity index (χ3v) is 2.38. The highest BCUT2D eigenvalue weighted by Crippen LogP contribution is 2.15. The lowest BCUT2D eigenvalue weighted by Gasteiger charge is -2.06. The van der Waals surface area contributed by atoms with E-state index in [2.05, 4.69) is 10.4 Å². The zero-order valence-electron chi connectivity index (χ0n) is 9.68. The van der Waals surface area contributed by atoms with Gasteiger partial charge in [-0.2, -0.15) is 0 Å². The third-order valence-electron chi connectivity index (χ3n) is 2.38. The van der Waals surface area contributed by atoms with E-state index in [-0.39, 0.29) is 0 Å². The molecule has 2 aromatic rings. The SMILES string of the molecule is Cc1ccc(COc2ccc(NN)cc2)nc1. The van der Waals surface area contributed by atoms with Crippen LogP contribution in [0.4, 0.5) is 5.69 Å². The summed E-state index contributed by atoms with van der Waals surface area (Å²) < 4.78 is 5.60. The number of benzene rings is 1. The first-order chi connectivity index (χ1) is 8.28. The lowest BCUT2D eigenvalue weighted by Crippen LogP contribution is -2.06. The monoisotopic (exact) mass is 229 g/mol. The number of nitrogens with one attached hydrogen (secondary N) is 1. The highest BCUT2D eigenvalue weighted by molar-refractivity contribution is 5.45. The van der Waals surface area contributed by atoms with Gasteiger partial charge in [-0.05, 0) is 42.8 Å². The number of ether oxygens (including phenoxy) is 1. The predicted octanol–water partition coefficient (Wildman–Crippen LogP) is 2.25. The van der Waals surface area contributed by atoms with Crippen LogP contribution in [0.15, 0.2) is 42.6 Å². The summed E-state index contributed by atoms with van der Waals surface area (Å²) >= 11 is 0. The Morgan fingerprint density at radius 3 is 2.53 bits per heavy atom. The quantitative estimate of drug-likeness (QED) is 0.623. The predicted molar refractivity (Wildman–Crippen MR) is 67.6 cm³/mol. The van der Waals surface area contributed by atoms with Crippen molar-refractivity contribution in [2.24, 2.45) is 5.84 Å². The summed E-state index contributed by atoms with van der Waals surface area (Å²) in [7, 11) is 0. The molecule has 0 atom stereocenters. The van der Waals surface area contributed by atoms with Crippen molar-refractivity contribution >= 4 is 5.69 Å². The number of nitrogens with zero attached hydrogens (tertiary/aromatic N) is 1. The fourth-order valence-electron chi connectivity index (χ4n) is 1.39. The Morgan fingerprint density at radius 2 is 1.94 bits per heavy atom. The van der Waals surface area contributed by atoms with Gasteiger partial charge in [0, 0.05) is 11.9 Å². The number of hydrogen-bond donors (Lipinski definition) is 2. The van der Waals surface area contributed by atoms with Gasteiger partial charge in [-0.1, -0.05) is 6.07 Å². The van der Waals surface area contributed by atoms with Crippen molar-refractivity contribution < 1.29 is 4.74 Å². The number of aromatic nitrogens is 1. The molecule has 0 aliphatic carbocycles. The van der Waals surface area contributed by atoms with E-state index in [1.165, 1.54) is 0 Å². The normalized spacial score (nSPS) is 10.0. The molecule has 1 heterocycles. The Kier molecular flexibility index (Phi) is 3.57. The molecule has 0 amide bonds. The maximum atomic E-state index is 5.60. The zero-order chi connectivity index (χ0) is 12.1. The van der Waals surface area contributed by atoms with Gasteiger partial charge >= 0.3 is 0 Å². The van der Waals surface area contributed by atoms with Crippen LogP contribution in [0.3, 0.4) is 0 Å². The molecule has 0 unspecified atom stereocenters. The summed E-state index contributed by atoms with van der Waals surface area (Å²) in [6.45, 7) is 2.48. The van der Waals surface area contributed by atoms with Gasteiger partial charge in [-0.15, -0.1) is 0 Å². The smallest absolute Gasteiger partial charge is 0.130 e. The second-order valence-corrected chi connectivity index (χ2v) is 3.78. The molecule has 88 valence electrons. The molecule has 0 aliphatic heterocycles. The Labute approximate surface area is 100 Å². The summed E-state index contributed by atoms with van der Waals surface area (Å²) in [5.41, 5.74) is 5.48. The number of nitrogen functional groups attached to an aromatic ring is 1. The van der Waals surface area contributed by atoms with Crippen LogP contribution in [0.1, 0.15) is 11.3 Å². The van der Waals surface area contributed by atoms with Gasteiger partial charge in [0.15, 0.2) is 0 Å². The maximum Gasteiger partial charge on any atom is 0.130 e. The van der Waals surface area contributed by atoms with Crippen LogP contribution in [-0.4, -0.2) is 4.98 Å². The zero-order valence-corrected chi connectivity index (χ0v) is 9.68. The molecule has 4 heteroatoms. The van der Waals surface area contributed by atoms with Crippen LogP contribution >= 0.6 is 0 Å². The van der Waals surface area contributed by atoms with Gasteiger partial charge in [0.25, 0.3) is 0 Å². The molecule has 1 aromatic heterocycles. The van der Waals surface area contributed by atoms with Crippen molar-refractivity contribution in [2.45, 2.75) is 13.5 Å². The molecule has 0 spiro atoms. The third kappa shape index (κ3) is 3.19. The Bertz CT molecular complexity index is 465. The van der Waals surface area contributed by atoms with Crippen molar-refractivity contribution in [3.63, 3.8) is 0 Å². The van der Waals surface area contributed by atoms with Crippen molar-refractivity contribution in [1.29, 1.82) is 0 Å². The minimum Gasteiger partial charge on any atom is -0.487 e. The van der Waals surface area contributed by atoms with E-state index in [0.29, 0.717) is 6.61 Å². The lowest BCUT2D eigenvalue weighted by atomic mass is 10.3. The standard InChI is InChI=1S/C13H15N3O/c1-10-2-3-12(15-8-10)9-17-13-6-4-11(16-14)5-7-13/h2-8,16H,9,14H2,1H3. The molecule has 0 saturated carbocycles. The highest BCUT2D eigenvalue weighted by Gasteiger charge is 1.97. The fourth-order valence-corrected chi connectivity index (χ4v) is 1.39. The van der Waals surface area contributed by atoms with Gasteiger partial charge in [0.2, 0.25) is 0 Å². The first-order valence-electron chi connectivity index (χ1n) is 5.39. The minimum absolute atomic E-state index is 0.468. The molecule has 0 fully saturated rings. The van der Waals surface area contributed by atoms with E-state index in [1.54, 1.807) is 0 Å². The van der Waals surface area contributed by atoms with E-state index < -0.39 is 0 Å². The van der Waals surface area contributed by atoms with Crippen LogP contribution in [-0.2, 0) is 6.61 Å². The van der Waals surface area contributed by atoms with Crippen LogP contribution < -0.4 is 16.0 Å². The Hall–Kier alpha value is -2.07. The Morgan fingerprint density at radius 1 is 1.18 bits per heavy atom. The number of hydrazine groups is 1. The molecule has 0 saturated heterocycles. The molecule has 4 nitrogen and oxygen atoms in total. The molecule has 2 rings (SSSR count). The summed E-state index contributed by atoms with van der Waals surface area (Å²) in [4.78, 5) is 4.27. The van der Waals surface area contributed by atoms with Crippen molar-refractivity contribution in [3.05, 3.63) is 53.9 Å². The molecular weight excluding hydrogens is 214 g/mol. The number of anilines is 1. The largest absolute Gasteiger partial charge is 0.487 e. The van der Waals surface area contributed by atoms with Gasteiger partial charge in [0.05, 0.1) is 5.69 Å². The number of pyridine rings is 1. The average Bonchev–Trinajstić information content (AvgIpc) is 2.39. The molecule has 1 aromatic carbocycles. The van der Waals surface area contributed by atoms with Gasteiger partial charge in [-0.3, -0.25) is 10.8 Å². The minimum atomic E-state index is 0.468. The molecule has 17 heavy (non-hydrogen) atoms. The lowest BCUT2D eigenvalue weighted by molar-refractivity contribution is 0.301. The average molecular weight is 229 g/mol. The second-order valence-electron chi connectivity index (χ2n) is 3.78. The molecule has 0 aliphatic rings. The van der Waals surface area contributed by atoms with Crippen molar-refractivity contribution in [3.8, 4) is 5.75 Å². The second kappa shape index (κ2) is 5.32. The summed E-state index contributed by atoms with van der Waals surface area (Å²) in [6.07, 6.45) is 1.83. The summed E-state index contributed by atoms with van der Waals surface area (Å²) in [6, 6.07) is 11.4. The van der Waals surface area contributed by atoms with Gasteiger partial charge in [0.1, 0.15) is 12.4 Å². The highest BCUT2D eigenvalue weighted by atomic mass is 16.5. The molecular formula is C13H15N3O. The Balaban J connectivity index is 1.95.